The zero-order valence-corrected chi connectivity index (χ0v) is 13.2. The van der Waals surface area contributed by atoms with Crippen molar-refractivity contribution in [1.82, 2.24) is 14.9 Å². The molecular formula is C17H14FN5O2. The Kier molecular flexibility index (Phi) is 3.38. The topological polar surface area (TPSA) is 85.0 Å². The molecule has 3 aromatic rings. The number of allylic oxidation sites excluding steroid dienone is 1. The lowest BCUT2D eigenvalue weighted by Gasteiger charge is -2.26. The highest BCUT2D eigenvalue weighted by atomic mass is 19.1. The summed E-state index contributed by atoms with van der Waals surface area (Å²) in [4.78, 5) is 15.9. The maximum atomic E-state index is 13.4. The quantitative estimate of drug-likeness (QED) is 0.566. The Morgan fingerprint density at radius 3 is 2.64 bits per heavy atom. The number of para-hydroxylation sites is 2. The number of imidazole rings is 1. The number of nitrogens with zero attached hydrogens (tertiary/aromatic N) is 3. The number of halogens is 1. The van der Waals surface area contributed by atoms with Gasteiger partial charge in [0.25, 0.3) is 0 Å². The standard InChI is InChI=1S/C17H14FN5O2/c1-19-16-15(23(24)25)14(10-6-8-11(18)9-7-10)22-13-5-3-2-4-12(13)20-17(22)21-16/h2-9,14,19H,1H3,(H,20,21). The molecule has 1 aromatic heterocycles. The Morgan fingerprint density at radius 1 is 1.24 bits per heavy atom. The van der Waals surface area contributed by atoms with Crippen molar-refractivity contribution >= 4 is 17.0 Å². The van der Waals surface area contributed by atoms with Crippen molar-refractivity contribution in [1.29, 1.82) is 0 Å². The van der Waals surface area contributed by atoms with Crippen LogP contribution in [0, 0.1) is 15.9 Å². The van der Waals surface area contributed by atoms with Crippen LogP contribution in [0.3, 0.4) is 0 Å². The summed E-state index contributed by atoms with van der Waals surface area (Å²) in [5.41, 5.74) is 2.03. The molecule has 0 fully saturated rings. The molecule has 2 heterocycles. The number of nitrogens with one attached hydrogen (secondary N) is 2. The van der Waals surface area contributed by atoms with Gasteiger partial charge in [0, 0.05) is 7.05 Å². The smallest absolute Gasteiger partial charge is 0.313 e. The summed E-state index contributed by atoms with van der Waals surface area (Å²) in [6.45, 7) is 0. The summed E-state index contributed by atoms with van der Waals surface area (Å²) < 4.78 is 15.1. The van der Waals surface area contributed by atoms with Crippen molar-refractivity contribution in [2.24, 2.45) is 0 Å². The highest BCUT2D eigenvalue weighted by molar-refractivity contribution is 5.80. The molecule has 0 spiro atoms. The van der Waals surface area contributed by atoms with Crippen LogP contribution in [-0.4, -0.2) is 21.5 Å². The second-order valence-corrected chi connectivity index (χ2v) is 5.64. The Bertz CT molecular complexity index is 1010. The van der Waals surface area contributed by atoms with Crippen LogP contribution in [0.15, 0.2) is 60.0 Å². The first kappa shape index (κ1) is 15.1. The Balaban J connectivity index is 2.03. The van der Waals surface area contributed by atoms with E-state index in [4.69, 9.17) is 0 Å². The van der Waals surface area contributed by atoms with Crippen molar-refractivity contribution in [3.8, 4) is 0 Å². The summed E-state index contributed by atoms with van der Waals surface area (Å²) in [7, 11) is 1.60. The summed E-state index contributed by atoms with van der Waals surface area (Å²) in [6, 6.07) is 12.4. The minimum absolute atomic E-state index is 0.0511. The third kappa shape index (κ3) is 2.30. The van der Waals surface area contributed by atoms with E-state index in [0.29, 0.717) is 11.5 Å². The molecule has 0 radical (unpaired) electrons. The minimum Gasteiger partial charge on any atom is -0.369 e. The molecular weight excluding hydrogens is 325 g/mol. The first-order valence-corrected chi connectivity index (χ1v) is 7.66. The molecule has 0 amide bonds. The van der Waals surface area contributed by atoms with Gasteiger partial charge in [0.05, 0.1) is 16.0 Å². The van der Waals surface area contributed by atoms with E-state index in [9.17, 15) is 14.5 Å². The van der Waals surface area contributed by atoms with Gasteiger partial charge in [0.2, 0.25) is 5.95 Å². The summed E-state index contributed by atoms with van der Waals surface area (Å²) in [6.07, 6.45) is 0. The molecule has 126 valence electrons. The zero-order valence-electron chi connectivity index (χ0n) is 13.2. The third-order valence-corrected chi connectivity index (χ3v) is 4.24. The first-order chi connectivity index (χ1) is 12.1. The molecule has 1 unspecified atom stereocenters. The average Bonchev–Trinajstić information content (AvgIpc) is 2.98. The molecule has 4 rings (SSSR count). The van der Waals surface area contributed by atoms with E-state index in [-0.39, 0.29) is 11.5 Å². The largest absolute Gasteiger partial charge is 0.369 e. The van der Waals surface area contributed by atoms with Crippen LogP contribution < -0.4 is 10.6 Å². The Labute approximate surface area is 141 Å². The van der Waals surface area contributed by atoms with Gasteiger partial charge in [-0.25, -0.2) is 9.37 Å². The number of rotatable bonds is 3. The number of benzene rings is 2. The van der Waals surface area contributed by atoms with Crippen molar-refractivity contribution in [2.75, 3.05) is 12.4 Å². The first-order valence-electron chi connectivity index (χ1n) is 7.66. The van der Waals surface area contributed by atoms with Gasteiger partial charge in [-0.05, 0) is 29.8 Å². The molecule has 0 saturated heterocycles. The number of nitro groups is 1. The van der Waals surface area contributed by atoms with Crippen LogP contribution in [-0.2, 0) is 0 Å². The molecule has 1 aliphatic rings. The second kappa shape index (κ2) is 5.59. The van der Waals surface area contributed by atoms with Crippen molar-refractivity contribution in [2.45, 2.75) is 6.04 Å². The highest BCUT2D eigenvalue weighted by Gasteiger charge is 2.39. The molecule has 8 heteroatoms. The average molecular weight is 339 g/mol. The van der Waals surface area contributed by atoms with E-state index in [1.807, 2.05) is 24.3 Å². The molecule has 0 saturated carbocycles. The molecule has 0 aliphatic carbocycles. The monoisotopic (exact) mass is 339 g/mol. The van der Waals surface area contributed by atoms with Crippen molar-refractivity contribution in [3.05, 3.63) is 81.5 Å². The minimum atomic E-state index is -0.735. The van der Waals surface area contributed by atoms with E-state index in [1.54, 1.807) is 23.7 Å². The fraction of sp³-hybridized carbons (Fsp3) is 0.118. The van der Waals surface area contributed by atoms with E-state index < -0.39 is 16.8 Å². The lowest BCUT2D eigenvalue weighted by molar-refractivity contribution is -0.432. The van der Waals surface area contributed by atoms with E-state index in [1.165, 1.54) is 12.1 Å². The molecule has 25 heavy (non-hydrogen) atoms. The lowest BCUT2D eigenvalue weighted by Crippen LogP contribution is -2.33. The lowest BCUT2D eigenvalue weighted by atomic mass is 10.0. The van der Waals surface area contributed by atoms with Crippen LogP contribution in [0.25, 0.3) is 11.0 Å². The van der Waals surface area contributed by atoms with E-state index in [2.05, 4.69) is 15.6 Å². The molecule has 0 bridgehead atoms. The van der Waals surface area contributed by atoms with Crippen molar-refractivity contribution in [3.63, 3.8) is 0 Å². The van der Waals surface area contributed by atoms with Crippen LogP contribution in [0.1, 0.15) is 11.6 Å². The molecule has 2 aromatic carbocycles. The number of hydrogen-bond donors (Lipinski definition) is 2. The van der Waals surface area contributed by atoms with Gasteiger partial charge in [0.15, 0.2) is 11.9 Å². The van der Waals surface area contributed by atoms with Crippen LogP contribution in [0.4, 0.5) is 10.3 Å². The Morgan fingerprint density at radius 2 is 1.96 bits per heavy atom. The second-order valence-electron chi connectivity index (χ2n) is 5.64. The van der Waals surface area contributed by atoms with Crippen LogP contribution in [0.2, 0.25) is 0 Å². The fourth-order valence-corrected chi connectivity index (χ4v) is 3.16. The summed E-state index contributed by atoms with van der Waals surface area (Å²) in [5, 5.41) is 17.6. The SMILES string of the molecule is CNC1=C([N+](=O)[O-])C(c2ccc(F)cc2)n2c(nc3ccccc32)N1. The molecule has 7 nitrogen and oxygen atoms in total. The van der Waals surface area contributed by atoms with E-state index in [0.717, 1.165) is 11.0 Å². The highest BCUT2D eigenvalue weighted by Crippen LogP contribution is 2.38. The van der Waals surface area contributed by atoms with Crippen molar-refractivity contribution < 1.29 is 9.31 Å². The van der Waals surface area contributed by atoms with Gasteiger partial charge < -0.3 is 10.6 Å². The van der Waals surface area contributed by atoms with Gasteiger partial charge in [-0.15, -0.1) is 0 Å². The zero-order chi connectivity index (χ0) is 17.6. The maximum absolute atomic E-state index is 13.4. The maximum Gasteiger partial charge on any atom is 0.313 e. The molecule has 1 aliphatic heterocycles. The number of aromatic nitrogens is 2. The number of anilines is 1. The normalized spacial score (nSPS) is 16.5. The van der Waals surface area contributed by atoms with Gasteiger partial charge >= 0.3 is 5.70 Å². The number of hydrogen-bond acceptors (Lipinski definition) is 5. The third-order valence-electron chi connectivity index (χ3n) is 4.24. The predicted molar refractivity (Wildman–Crippen MR) is 91.0 cm³/mol. The van der Waals surface area contributed by atoms with Crippen LogP contribution >= 0.6 is 0 Å². The summed E-state index contributed by atoms with van der Waals surface area (Å²) in [5.74, 6) is 0.362. The molecule has 2 N–H and O–H groups in total. The molecule has 1 atom stereocenters. The van der Waals surface area contributed by atoms with Gasteiger partial charge in [-0.1, -0.05) is 24.3 Å². The fourth-order valence-electron chi connectivity index (χ4n) is 3.16. The van der Waals surface area contributed by atoms with E-state index >= 15 is 0 Å². The Hall–Kier alpha value is -3.42. The predicted octanol–water partition coefficient (Wildman–Crippen LogP) is 2.86. The van der Waals surface area contributed by atoms with Gasteiger partial charge in [0.1, 0.15) is 5.82 Å². The van der Waals surface area contributed by atoms with Gasteiger partial charge in [-0.2, -0.15) is 0 Å². The number of fused-ring (bicyclic) bond motifs is 3. The summed E-state index contributed by atoms with van der Waals surface area (Å²) >= 11 is 0. The van der Waals surface area contributed by atoms with Gasteiger partial charge in [-0.3, -0.25) is 14.7 Å². The van der Waals surface area contributed by atoms with Crippen LogP contribution in [0.5, 0.6) is 0 Å².